The van der Waals surface area contributed by atoms with E-state index in [9.17, 15) is 53.4 Å². The van der Waals surface area contributed by atoms with Gasteiger partial charge in [0.15, 0.2) is 0 Å². The molecule has 1 aromatic heterocycles. The van der Waals surface area contributed by atoms with Crippen molar-refractivity contribution >= 4 is 64.0 Å². The first-order valence-electron chi connectivity index (χ1n) is 16.0. The third-order valence-corrected chi connectivity index (χ3v) is 7.55. The van der Waals surface area contributed by atoms with Crippen molar-refractivity contribution in [1.82, 2.24) is 26.6 Å². The van der Waals surface area contributed by atoms with Gasteiger partial charge < -0.3 is 46.5 Å². The lowest BCUT2D eigenvalue weighted by Gasteiger charge is -2.28. The maximum atomic E-state index is 13.3. The number of aliphatic carboxylic acids is 2. The molecule has 2 rings (SSSR count). The molecule has 2 aromatic rings. The van der Waals surface area contributed by atoms with Gasteiger partial charge in [0.1, 0.15) is 35.8 Å². The van der Waals surface area contributed by atoms with Gasteiger partial charge in [-0.15, -0.1) is 0 Å². The van der Waals surface area contributed by atoms with Crippen LogP contribution in [0.5, 0.6) is 0 Å². The molecule has 0 radical (unpaired) electrons. The number of carbonyl (C=O) groups excluding carboxylic acids is 6. The molecule has 18 nitrogen and oxygen atoms in total. The van der Waals surface area contributed by atoms with Crippen LogP contribution in [0.4, 0.5) is 5.69 Å². The van der Waals surface area contributed by atoms with Gasteiger partial charge in [-0.3, -0.25) is 38.4 Å². The first-order valence-corrected chi connectivity index (χ1v) is 16.0. The highest BCUT2D eigenvalue weighted by Crippen LogP contribution is 2.21. The van der Waals surface area contributed by atoms with Gasteiger partial charge in [0, 0.05) is 30.1 Å². The zero-order chi connectivity index (χ0) is 38.7. The van der Waals surface area contributed by atoms with Gasteiger partial charge in [-0.1, -0.05) is 27.7 Å². The fourth-order valence-corrected chi connectivity index (χ4v) is 4.87. The summed E-state index contributed by atoms with van der Waals surface area (Å²) in [5, 5.41) is 33.6. The largest absolute Gasteiger partial charge is 0.481 e. The molecular weight excluding hydrogens is 672 g/mol. The zero-order valence-corrected chi connectivity index (χ0v) is 29.2. The number of hydrogen-bond acceptors (Lipinski definition) is 10. The van der Waals surface area contributed by atoms with Crippen LogP contribution < -0.4 is 37.5 Å². The van der Waals surface area contributed by atoms with Gasteiger partial charge in [-0.05, 0) is 43.4 Å². The van der Waals surface area contributed by atoms with E-state index in [0.717, 1.165) is 0 Å². The molecule has 1 heterocycles. The first kappa shape index (κ1) is 41.4. The van der Waals surface area contributed by atoms with E-state index >= 15 is 0 Å². The van der Waals surface area contributed by atoms with Crippen molar-refractivity contribution in [2.45, 2.75) is 91.5 Å². The highest BCUT2D eigenvalue weighted by Gasteiger charge is 2.34. The number of benzene rings is 1. The smallest absolute Gasteiger partial charge is 0.336 e. The molecule has 5 unspecified atom stereocenters. The molecule has 8 N–H and O–H groups in total. The van der Waals surface area contributed by atoms with E-state index in [1.165, 1.54) is 32.0 Å². The van der Waals surface area contributed by atoms with E-state index in [1.54, 1.807) is 40.7 Å². The molecule has 0 aliphatic carbocycles. The minimum atomic E-state index is -1.64. The summed E-state index contributed by atoms with van der Waals surface area (Å²) in [6.07, 6.45) is -1.69. The topological polar surface area (TPSA) is 279 Å². The summed E-state index contributed by atoms with van der Waals surface area (Å²) in [5.74, 6) is -9.02. The monoisotopic (exact) mass is 716 g/mol. The Morgan fingerprint density at radius 1 is 0.667 bits per heavy atom. The number of rotatable bonds is 17. The minimum absolute atomic E-state index is 0.148. The fourth-order valence-electron chi connectivity index (χ4n) is 4.87. The van der Waals surface area contributed by atoms with Crippen LogP contribution in [0.2, 0.25) is 0 Å². The summed E-state index contributed by atoms with van der Waals surface area (Å²) >= 11 is 0. The summed E-state index contributed by atoms with van der Waals surface area (Å²) in [6, 6.07) is -1.30. The summed E-state index contributed by atoms with van der Waals surface area (Å²) < 4.78 is 5.16. The molecule has 0 aliphatic heterocycles. The number of carboxylic acids is 2. The number of amides is 6. The predicted octanol–water partition coefficient (Wildman–Crippen LogP) is -0.235. The van der Waals surface area contributed by atoms with Crippen molar-refractivity contribution in [3.63, 3.8) is 0 Å². The van der Waals surface area contributed by atoms with Crippen LogP contribution in [0.25, 0.3) is 11.0 Å². The lowest BCUT2D eigenvalue weighted by atomic mass is 10.0. The van der Waals surface area contributed by atoms with Gasteiger partial charge in [0.25, 0.3) is 0 Å². The van der Waals surface area contributed by atoms with Crippen LogP contribution in [0.3, 0.4) is 0 Å². The second-order valence-corrected chi connectivity index (χ2v) is 12.6. The van der Waals surface area contributed by atoms with E-state index in [-0.39, 0.29) is 11.3 Å². The van der Waals surface area contributed by atoms with Crippen LogP contribution in [-0.2, 0) is 38.4 Å². The number of hydrogen-bond donors (Lipinski definition) is 8. The van der Waals surface area contributed by atoms with Crippen molar-refractivity contribution in [2.24, 2.45) is 11.8 Å². The second-order valence-electron chi connectivity index (χ2n) is 12.6. The highest BCUT2D eigenvalue weighted by atomic mass is 16.4. The molecule has 0 saturated carbocycles. The third kappa shape index (κ3) is 12.5. The van der Waals surface area contributed by atoms with Crippen molar-refractivity contribution in [1.29, 1.82) is 0 Å². The molecule has 0 spiro atoms. The van der Waals surface area contributed by atoms with Crippen molar-refractivity contribution in [3.8, 4) is 0 Å². The molecule has 0 bridgehead atoms. The van der Waals surface area contributed by atoms with E-state index in [0.29, 0.717) is 10.9 Å². The Labute approximate surface area is 292 Å². The first-order chi connectivity index (χ1) is 23.7. The van der Waals surface area contributed by atoms with E-state index < -0.39 is 108 Å². The zero-order valence-electron chi connectivity index (χ0n) is 29.2. The van der Waals surface area contributed by atoms with Crippen LogP contribution in [0, 0.1) is 18.8 Å². The molecule has 278 valence electrons. The Hall–Kier alpha value is -5.81. The molecular formula is C33H44N6O12. The third-order valence-electron chi connectivity index (χ3n) is 7.55. The lowest BCUT2D eigenvalue weighted by Crippen LogP contribution is -2.60. The summed E-state index contributed by atoms with van der Waals surface area (Å²) in [5.41, 5.74) is 0.340. The Morgan fingerprint density at radius 3 is 1.71 bits per heavy atom. The average Bonchev–Trinajstić information content (AvgIpc) is 3.00. The number of aryl methyl sites for hydroxylation is 1. The van der Waals surface area contributed by atoms with Crippen LogP contribution in [0.15, 0.2) is 33.5 Å². The molecule has 1 aromatic carbocycles. The Bertz CT molecular complexity index is 1740. The van der Waals surface area contributed by atoms with Crippen LogP contribution >= 0.6 is 0 Å². The summed E-state index contributed by atoms with van der Waals surface area (Å²) in [4.78, 5) is 112. The molecule has 5 atom stereocenters. The van der Waals surface area contributed by atoms with Crippen molar-refractivity contribution in [3.05, 3.63) is 40.2 Å². The molecule has 0 aliphatic rings. The Balaban J connectivity index is 2.16. The minimum Gasteiger partial charge on any atom is -0.481 e. The molecule has 0 fully saturated rings. The standard InChI is InChI=1S/C33H44N6O12/c1-14(2)27(35-18(7)40)33(50)38-22(13-25(43)44)31(48)39-28(15(3)4)32(49)34-17(6)29(46)37-21(12-24(41)42)30(47)36-19-8-9-20-16(5)10-26(45)51-23(20)11-19/h8-11,14-15,17,21-22,27-28H,12-13H2,1-7H3,(H,34,49)(H,35,40)(H,36,47)(H,37,46)(H,38,50)(H,39,48)(H,41,42)(H,43,44). The Kier molecular flexibility index (Phi) is 14.8. The maximum absolute atomic E-state index is 13.3. The second kappa shape index (κ2) is 18.3. The highest BCUT2D eigenvalue weighted by molar-refractivity contribution is 6.01. The lowest BCUT2D eigenvalue weighted by molar-refractivity contribution is -0.142. The van der Waals surface area contributed by atoms with Crippen molar-refractivity contribution < 1.29 is 53.0 Å². The van der Waals surface area contributed by atoms with Gasteiger partial charge in [-0.25, -0.2) is 4.79 Å². The van der Waals surface area contributed by atoms with Gasteiger partial charge in [0.2, 0.25) is 35.4 Å². The van der Waals surface area contributed by atoms with E-state index in [1.807, 2.05) is 0 Å². The van der Waals surface area contributed by atoms with Crippen LogP contribution in [-0.4, -0.2) is 87.8 Å². The number of anilines is 1. The normalized spacial score (nSPS) is 14.0. The number of carboxylic acid groups (broad SMARTS) is 2. The summed E-state index contributed by atoms with van der Waals surface area (Å²) in [6.45, 7) is 10.5. The molecule has 6 amide bonds. The van der Waals surface area contributed by atoms with E-state index in [2.05, 4.69) is 31.9 Å². The van der Waals surface area contributed by atoms with Crippen molar-refractivity contribution in [2.75, 3.05) is 5.32 Å². The van der Waals surface area contributed by atoms with Gasteiger partial charge >= 0.3 is 17.6 Å². The molecule has 51 heavy (non-hydrogen) atoms. The number of carbonyl (C=O) groups is 8. The summed E-state index contributed by atoms with van der Waals surface area (Å²) in [7, 11) is 0. The maximum Gasteiger partial charge on any atom is 0.336 e. The Morgan fingerprint density at radius 2 is 1.18 bits per heavy atom. The molecule has 18 heteroatoms. The van der Waals surface area contributed by atoms with Gasteiger partial charge in [-0.2, -0.15) is 0 Å². The SMILES string of the molecule is CC(=O)NC(C(=O)NC(CC(=O)O)C(=O)NC(C(=O)NC(C)C(=O)NC(CC(=O)O)C(=O)Nc1ccc2c(C)cc(=O)oc2c1)C(C)C)C(C)C. The van der Waals surface area contributed by atoms with E-state index in [4.69, 9.17) is 4.42 Å². The molecule has 0 saturated heterocycles. The average molecular weight is 717 g/mol. The number of fused-ring (bicyclic) bond motifs is 1. The number of nitrogens with one attached hydrogen (secondary N) is 6. The fraction of sp³-hybridized carbons (Fsp3) is 0.485. The van der Waals surface area contributed by atoms with Crippen LogP contribution in [0.1, 0.15) is 59.9 Å². The van der Waals surface area contributed by atoms with Gasteiger partial charge in [0.05, 0.1) is 12.8 Å². The quantitative estimate of drug-likeness (QED) is 0.0986. The predicted molar refractivity (Wildman–Crippen MR) is 181 cm³/mol.